The maximum absolute atomic E-state index is 14.6. The van der Waals surface area contributed by atoms with Crippen LogP contribution in [0.15, 0.2) is 60.8 Å². The van der Waals surface area contributed by atoms with E-state index in [0.717, 1.165) is 17.0 Å². The Hall–Kier alpha value is -4.77. The van der Waals surface area contributed by atoms with Crippen molar-refractivity contribution < 1.29 is 23.5 Å². The number of rotatable bonds is 6. The maximum Gasteiger partial charge on any atom is 0.325 e. The van der Waals surface area contributed by atoms with Crippen LogP contribution in [0.4, 0.5) is 25.1 Å². The van der Waals surface area contributed by atoms with Gasteiger partial charge >= 0.3 is 6.03 Å². The molecule has 0 saturated carbocycles. The zero-order valence-electron chi connectivity index (χ0n) is 20.7. The van der Waals surface area contributed by atoms with Gasteiger partial charge in [0, 0.05) is 23.4 Å². The number of nitrogens with two attached hydrogens (primary N) is 2. The molecule has 0 spiro atoms. The minimum Gasteiger partial charge on any atom is -0.382 e. The molecule has 2 aromatic heterocycles. The third kappa shape index (κ3) is 5.18. The quantitative estimate of drug-likeness (QED) is 0.346. The molecule has 3 amide bonds. The van der Waals surface area contributed by atoms with Crippen molar-refractivity contribution in [2.24, 2.45) is 11.5 Å². The highest BCUT2D eigenvalue weighted by Crippen LogP contribution is 2.34. The third-order valence-corrected chi connectivity index (χ3v) is 5.73. The van der Waals surface area contributed by atoms with E-state index >= 15 is 0 Å². The second-order valence-corrected chi connectivity index (χ2v) is 9.05. The minimum atomic E-state index is -1.28. The van der Waals surface area contributed by atoms with E-state index in [1.165, 1.54) is 18.3 Å². The highest BCUT2D eigenvalue weighted by atomic mass is 19.1. The molecule has 194 valence electrons. The van der Waals surface area contributed by atoms with Crippen LogP contribution in [0.1, 0.15) is 35.6 Å². The van der Waals surface area contributed by atoms with Crippen molar-refractivity contribution in [1.29, 1.82) is 0 Å². The Morgan fingerprint density at radius 1 is 0.974 bits per heavy atom. The Labute approximate surface area is 216 Å². The number of nitrogens with zero attached hydrogens (tertiary/aromatic N) is 4. The Bertz CT molecular complexity index is 1570. The molecule has 4 rings (SSSR count). The normalized spacial score (nSPS) is 11.3. The van der Waals surface area contributed by atoms with E-state index in [2.05, 4.69) is 15.0 Å². The second-order valence-electron chi connectivity index (χ2n) is 9.05. The van der Waals surface area contributed by atoms with Gasteiger partial charge in [-0.2, -0.15) is 0 Å². The van der Waals surface area contributed by atoms with Crippen molar-refractivity contribution in [2.45, 2.75) is 26.4 Å². The lowest BCUT2D eigenvalue weighted by molar-refractivity contribution is 0.0688. The molecule has 9 nitrogen and oxygen atoms in total. The zero-order chi connectivity index (χ0) is 27.8. The summed E-state index contributed by atoms with van der Waals surface area (Å²) in [5.74, 6) is -2.49. The van der Waals surface area contributed by atoms with Gasteiger partial charge in [-0.15, -0.1) is 0 Å². The first-order chi connectivity index (χ1) is 17.9. The first-order valence-corrected chi connectivity index (χ1v) is 11.4. The highest BCUT2D eigenvalue weighted by molar-refractivity contribution is 6.02. The summed E-state index contributed by atoms with van der Waals surface area (Å²) in [5.41, 5.74) is 11.5. The molecule has 2 heterocycles. The first kappa shape index (κ1) is 26.3. The number of hydrogen-bond donors (Lipinski definition) is 3. The van der Waals surface area contributed by atoms with Crippen LogP contribution in [0.2, 0.25) is 0 Å². The van der Waals surface area contributed by atoms with Crippen molar-refractivity contribution in [3.05, 3.63) is 89.4 Å². The number of urea groups is 1. The van der Waals surface area contributed by atoms with Crippen molar-refractivity contribution in [1.82, 2.24) is 15.0 Å². The Balaban J connectivity index is 1.88. The van der Waals surface area contributed by atoms with E-state index in [4.69, 9.17) is 11.5 Å². The van der Waals surface area contributed by atoms with Gasteiger partial charge in [0.05, 0.1) is 22.6 Å². The van der Waals surface area contributed by atoms with E-state index in [1.807, 2.05) is 0 Å². The van der Waals surface area contributed by atoms with Gasteiger partial charge in [0.1, 0.15) is 23.1 Å². The average molecular weight is 519 g/mol. The van der Waals surface area contributed by atoms with Crippen LogP contribution in [0.25, 0.3) is 22.5 Å². The van der Waals surface area contributed by atoms with Gasteiger partial charge in [0.15, 0.2) is 5.82 Å². The molecule has 0 aliphatic rings. The molecular weight excluding hydrogens is 494 g/mol. The van der Waals surface area contributed by atoms with Gasteiger partial charge in [0.2, 0.25) is 0 Å². The molecule has 0 aliphatic carbocycles. The molecule has 38 heavy (non-hydrogen) atoms. The van der Waals surface area contributed by atoms with E-state index in [1.54, 1.807) is 45.0 Å². The van der Waals surface area contributed by atoms with Crippen molar-refractivity contribution in [3.8, 4) is 22.5 Å². The Morgan fingerprint density at radius 2 is 1.71 bits per heavy atom. The van der Waals surface area contributed by atoms with Crippen LogP contribution < -0.4 is 16.4 Å². The van der Waals surface area contributed by atoms with Crippen molar-refractivity contribution >= 4 is 23.4 Å². The molecule has 0 radical (unpaired) electrons. The number of halogens is 2. The molecule has 0 fully saturated rings. The Kier molecular flexibility index (Phi) is 6.88. The molecule has 5 N–H and O–H groups in total. The van der Waals surface area contributed by atoms with Crippen LogP contribution >= 0.6 is 0 Å². The number of hydrogen-bond acceptors (Lipinski definition) is 6. The fourth-order valence-corrected chi connectivity index (χ4v) is 3.84. The fourth-order valence-electron chi connectivity index (χ4n) is 3.84. The number of carbonyl (C=O) groups excluding carboxylic acids is 2. The predicted octanol–water partition coefficient (Wildman–Crippen LogP) is 4.34. The van der Waals surface area contributed by atoms with Crippen molar-refractivity contribution in [2.75, 3.05) is 4.90 Å². The molecular formula is C27H24F2N6O3. The smallest absolute Gasteiger partial charge is 0.325 e. The molecule has 0 aliphatic heterocycles. The highest BCUT2D eigenvalue weighted by Gasteiger charge is 2.24. The van der Waals surface area contributed by atoms with E-state index in [-0.39, 0.29) is 28.5 Å². The predicted molar refractivity (Wildman–Crippen MR) is 137 cm³/mol. The number of benzene rings is 2. The number of aryl methyl sites for hydroxylation is 1. The van der Waals surface area contributed by atoms with Gasteiger partial charge in [0.25, 0.3) is 5.91 Å². The van der Waals surface area contributed by atoms with Crippen LogP contribution in [-0.4, -0.2) is 32.0 Å². The molecule has 0 atom stereocenters. The van der Waals surface area contributed by atoms with Crippen LogP contribution in [0.5, 0.6) is 0 Å². The summed E-state index contributed by atoms with van der Waals surface area (Å²) >= 11 is 0. The molecule has 4 aromatic rings. The topological polar surface area (TPSA) is 148 Å². The van der Waals surface area contributed by atoms with Gasteiger partial charge in [-0.3, -0.25) is 4.79 Å². The first-order valence-electron chi connectivity index (χ1n) is 11.4. The SMILES string of the molecule is Cc1ccc(-c2ccnc(C(C)(C)O)n2)cc1N(C(N)=O)c1ccc(C(N)=O)c(-c2ccc(F)cc2F)n1. The summed E-state index contributed by atoms with van der Waals surface area (Å²) in [4.78, 5) is 38.7. The molecule has 0 unspecified atom stereocenters. The molecule has 2 aromatic carbocycles. The lowest BCUT2D eigenvalue weighted by atomic mass is 10.0. The second kappa shape index (κ2) is 9.94. The molecule has 11 heteroatoms. The number of aliphatic hydroxyl groups is 1. The maximum atomic E-state index is 14.6. The summed E-state index contributed by atoms with van der Waals surface area (Å²) in [5, 5.41) is 10.3. The van der Waals surface area contributed by atoms with E-state index in [0.29, 0.717) is 28.6 Å². The molecule has 0 bridgehead atoms. The number of pyridine rings is 1. The summed E-state index contributed by atoms with van der Waals surface area (Å²) in [6.45, 7) is 4.87. The molecule has 0 saturated heterocycles. The number of aromatic nitrogens is 3. The average Bonchev–Trinajstić information content (AvgIpc) is 2.84. The number of carbonyl (C=O) groups is 2. The van der Waals surface area contributed by atoms with Gasteiger partial charge < -0.3 is 16.6 Å². The van der Waals surface area contributed by atoms with E-state index in [9.17, 15) is 23.5 Å². The van der Waals surface area contributed by atoms with E-state index < -0.39 is 29.2 Å². The summed E-state index contributed by atoms with van der Waals surface area (Å²) in [6, 6.07) is 11.3. The lowest BCUT2D eigenvalue weighted by Gasteiger charge is -2.23. The van der Waals surface area contributed by atoms with Crippen LogP contribution in [0.3, 0.4) is 0 Å². The minimum absolute atomic E-state index is 0.0265. The summed E-state index contributed by atoms with van der Waals surface area (Å²) in [6.07, 6.45) is 1.51. The summed E-state index contributed by atoms with van der Waals surface area (Å²) in [7, 11) is 0. The monoisotopic (exact) mass is 518 g/mol. The number of amides is 3. The van der Waals surface area contributed by atoms with Crippen molar-refractivity contribution in [3.63, 3.8) is 0 Å². The number of primary amides is 2. The summed E-state index contributed by atoms with van der Waals surface area (Å²) < 4.78 is 28.2. The largest absolute Gasteiger partial charge is 0.382 e. The van der Waals surface area contributed by atoms with Gasteiger partial charge in [-0.1, -0.05) is 12.1 Å². The van der Waals surface area contributed by atoms with Gasteiger partial charge in [-0.25, -0.2) is 33.4 Å². The number of anilines is 2. The fraction of sp³-hybridized carbons (Fsp3) is 0.148. The van der Waals surface area contributed by atoms with Crippen LogP contribution in [-0.2, 0) is 5.60 Å². The third-order valence-electron chi connectivity index (χ3n) is 5.73. The van der Waals surface area contributed by atoms with Crippen LogP contribution in [0, 0.1) is 18.6 Å². The Morgan fingerprint density at radius 3 is 2.34 bits per heavy atom. The standard InChI is InChI=1S/C27H24F2N6O3/c1-14-4-5-15(20-10-11-32-25(33-20)27(2,3)38)12-21(14)35(26(31)37)22-9-8-18(24(30)36)23(34-22)17-7-6-16(28)13-19(17)29/h4-13,38H,1-3H3,(H2,30,36)(H2,31,37). The lowest BCUT2D eigenvalue weighted by Crippen LogP contribution is -2.33. The zero-order valence-corrected chi connectivity index (χ0v) is 20.7. The van der Waals surface area contributed by atoms with Gasteiger partial charge in [-0.05, 0) is 62.7 Å².